The number of carbonyl (C=O) groups excluding carboxylic acids is 3. The molecule has 0 radical (unpaired) electrons. The quantitative estimate of drug-likeness (QED) is 0.428. The molecular weight excluding hydrogens is 509 g/mol. The average Bonchev–Trinajstić information content (AvgIpc) is 3.22. The molecule has 3 amide bonds. The van der Waals surface area contributed by atoms with E-state index < -0.39 is 11.8 Å². The van der Waals surface area contributed by atoms with Crippen LogP contribution in [0.1, 0.15) is 39.2 Å². The second-order valence-electron chi connectivity index (χ2n) is 7.26. The van der Waals surface area contributed by atoms with Gasteiger partial charge in [0.05, 0.1) is 10.5 Å². The normalized spacial score (nSPS) is 17.1. The van der Waals surface area contributed by atoms with E-state index in [1.54, 1.807) is 24.3 Å². The molecule has 0 spiro atoms. The van der Waals surface area contributed by atoms with Crippen molar-refractivity contribution in [3.63, 3.8) is 0 Å². The van der Waals surface area contributed by atoms with Crippen LogP contribution >= 0.6 is 58.5 Å². The summed E-state index contributed by atoms with van der Waals surface area (Å²) in [7, 11) is 0. The van der Waals surface area contributed by atoms with E-state index in [4.69, 9.17) is 41.2 Å². The maximum absolute atomic E-state index is 12.8. The fourth-order valence-corrected chi connectivity index (χ4v) is 6.64. The van der Waals surface area contributed by atoms with Crippen LogP contribution in [0.15, 0.2) is 23.1 Å². The third-order valence-electron chi connectivity index (χ3n) is 5.10. The molecule has 2 heterocycles. The van der Waals surface area contributed by atoms with Gasteiger partial charge in [-0.15, -0.1) is 11.3 Å². The number of halogens is 2. The van der Waals surface area contributed by atoms with E-state index in [-0.39, 0.29) is 16.8 Å². The fraction of sp³-hybridized carbons (Fsp3) is 0.238. The van der Waals surface area contributed by atoms with Gasteiger partial charge in [-0.25, -0.2) is 0 Å². The number of nitrogens with one attached hydrogen (secondary N) is 1. The van der Waals surface area contributed by atoms with Gasteiger partial charge in [0.2, 0.25) is 5.91 Å². The van der Waals surface area contributed by atoms with Crippen molar-refractivity contribution in [2.24, 2.45) is 5.73 Å². The minimum atomic E-state index is -0.562. The molecule has 2 aromatic rings. The molecule has 1 aliphatic heterocycles. The lowest BCUT2D eigenvalue weighted by Crippen LogP contribution is -2.36. The van der Waals surface area contributed by atoms with Crippen LogP contribution in [-0.2, 0) is 22.4 Å². The molecule has 32 heavy (non-hydrogen) atoms. The summed E-state index contributed by atoms with van der Waals surface area (Å²) in [5.41, 5.74) is 7.51. The van der Waals surface area contributed by atoms with Gasteiger partial charge in [-0.2, -0.15) is 0 Å². The van der Waals surface area contributed by atoms with Crippen molar-refractivity contribution in [2.45, 2.75) is 25.7 Å². The van der Waals surface area contributed by atoms with Gasteiger partial charge in [0.15, 0.2) is 0 Å². The van der Waals surface area contributed by atoms with Crippen molar-refractivity contribution >= 4 is 91.6 Å². The largest absolute Gasteiger partial charge is 0.365 e. The van der Waals surface area contributed by atoms with Crippen LogP contribution in [-0.4, -0.2) is 33.5 Å². The van der Waals surface area contributed by atoms with Gasteiger partial charge in [-0.3, -0.25) is 19.3 Å². The Kier molecular flexibility index (Phi) is 6.92. The number of amides is 3. The second kappa shape index (κ2) is 9.52. The number of aryl methyl sites for hydroxylation is 1. The number of hydrogen-bond donors (Lipinski definition) is 2. The molecule has 0 bridgehead atoms. The van der Waals surface area contributed by atoms with Crippen molar-refractivity contribution in [1.29, 1.82) is 0 Å². The molecule has 1 saturated heterocycles. The number of carbonyl (C=O) groups is 3. The van der Waals surface area contributed by atoms with Gasteiger partial charge in [0, 0.05) is 14.9 Å². The smallest absolute Gasteiger partial charge is 0.266 e. The number of rotatable bonds is 5. The number of fused-ring (bicyclic) bond motifs is 1. The van der Waals surface area contributed by atoms with E-state index in [1.807, 2.05) is 0 Å². The first-order valence-corrected chi connectivity index (χ1v) is 12.5. The van der Waals surface area contributed by atoms with Crippen LogP contribution in [0.2, 0.25) is 10.0 Å². The van der Waals surface area contributed by atoms with Crippen molar-refractivity contribution in [2.75, 3.05) is 11.9 Å². The molecule has 3 N–H and O–H groups in total. The summed E-state index contributed by atoms with van der Waals surface area (Å²) in [5, 5.41) is 4.08. The number of nitrogens with zero attached hydrogens (tertiary/aromatic N) is 1. The Bertz CT molecular complexity index is 1190. The molecule has 1 fully saturated rings. The number of anilines is 1. The molecule has 4 rings (SSSR count). The summed E-state index contributed by atoms with van der Waals surface area (Å²) in [4.78, 5) is 40.3. The highest BCUT2D eigenvalue weighted by atomic mass is 35.5. The summed E-state index contributed by atoms with van der Waals surface area (Å²) >= 11 is 19.9. The van der Waals surface area contributed by atoms with E-state index in [2.05, 4.69) is 5.32 Å². The molecule has 11 heteroatoms. The van der Waals surface area contributed by atoms with Gasteiger partial charge in [0.25, 0.3) is 11.8 Å². The zero-order valence-corrected chi connectivity index (χ0v) is 20.5. The van der Waals surface area contributed by atoms with Crippen molar-refractivity contribution in [3.05, 3.63) is 54.7 Å². The Morgan fingerprint density at radius 1 is 1.25 bits per heavy atom. The molecule has 1 aromatic carbocycles. The molecule has 2 aliphatic rings. The molecule has 166 valence electrons. The lowest BCUT2D eigenvalue weighted by molar-refractivity contribution is -0.126. The van der Waals surface area contributed by atoms with E-state index in [0.717, 1.165) is 47.9 Å². The number of thiocarbonyl (C=S) groups is 1. The summed E-state index contributed by atoms with van der Waals surface area (Å²) in [6, 6.07) is 4.96. The van der Waals surface area contributed by atoms with E-state index in [9.17, 15) is 14.4 Å². The minimum absolute atomic E-state index is 0.266. The lowest BCUT2D eigenvalue weighted by atomic mass is 9.95. The van der Waals surface area contributed by atoms with Gasteiger partial charge in [-0.1, -0.05) is 53.2 Å². The summed E-state index contributed by atoms with van der Waals surface area (Å²) in [6.07, 6.45) is 5.28. The van der Waals surface area contributed by atoms with Crippen LogP contribution in [0.5, 0.6) is 0 Å². The number of thioether (sulfide) groups is 1. The number of thiophene rings is 1. The molecule has 6 nitrogen and oxygen atoms in total. The van der Waals surface area contributed by atoms with Crippen LogP contribution < -0.4 is 11.1 Å². The predicted molar refractivity (Wildman–Crippen MR) is 134 cm³/mol. The number of hydrogen-bond acceptors (Lipinski definition) is 6. The Hall–Kier alpha value is -1.91. The molecule has 1 aliphatic carbocycles. The maximum Gasteiger partial charge on any atom is 0.266 e. The van der Waals surface area contributed by atoms with E-state index >= 15 is 0 Å². The SMILES string of the molecule is NC(=O)c1c(NC(=O)CN2C(=O)C(=Cc3ccc(Cl)cc3Cl)SC2=S)sc2c1CCCC2. The molecule has 0 unspecified atom stereocenters. The standard InChI is InChI=1S/C21H17Cl2N3O3S3/c22-11-6-5-10(13(23)8-11)7-15-20(29)26(21(30)32-15)9-16(27)25-19-17(18(24)28)12-3-1-2-4-14(12)31-19/h5-8H,1-4,9H2,(H2,24,28)(H,25,27). The first kappa shape index (κ1) is 23.3. The zero-order chi connectivity index (χ0) is 23.0. The summed E-state index contributed by atoms with van der Waals surface area (Å²) in [5.74, 6) is -1.40. The van der Waals surface area contributed by atoms with Gasteiger partial charge in [0.1, 0.15) is 15.9 Å². The highest BCUT2D eigenvalue weighted by molar-refractivity contribution is 8.26. The van der Waals surface area contributed by atoms with Crippen LogP contribution in [0.25, 0.3) is 6.08 Å². The highest BCUT2D eigenvalue weighted by Gasteiger charge is 2.34. The second-order valence-corrected chi connectivity index (χ2v) is 10.9. The van der Waals surface area contributed by atoms with Crippen LogP contribution in [0.3, 0.4) is 0 Å². The highest BCUT2D eigenvalue weighted by Crippen LogP contribution is 2.38. The first-order valence-electron chi connectivity index (χ1n) is 9.69. The number of benzene rings is 1. The Morgan fingerprint density at radius 3 is 2.72 bits per heavy atom. The fourth-order valence-electron chi connectivity index (χ4n) is 3.62. The Morgan fingerprint density at radius 2 is 2.00 bits per heavy atom. The van der Waals surface area contributed by atoms with Crippen LogP contribution in [0, 0.1) is 0 Å². The first-order chi connectivity index (χ1) is 15.2. The average molecular weight is 526 g/mol. The zero-order valence-electron chi connectivity index (χ0n) is 16.6. The van der Waals surface area contributed by atoms with Crippen molar-refractivity contribution in [1.82, 2.24) is 4.90 Å². The monoisotopic (exact) mass is 525 g/mol. The third kappa shape index (κ3) is 4.72. The Balaban J connectivity index is 1.50. The number of nitrogens with two attached hydrogens (primary N) is 1. The van der Waals surface area contributed by atoms with Gasteiger partial charge < -0.3 is 11.1 Å². The number of primary amides is 1. The lowest BCUT2D eigenvalue weighted by Gasteiger charge is -2.14. The molecule has 1 aromatic heterocycles. The van der Waals surface area contributed by atoms with Crippen molar-refractivity contribution in [3.8, 4) is 0 Å². The van der Waals surface area contributed by atoms with Crippen LogP contribution in [0.4, 0.5) is 5.00 Å². The molecular formula is C21H17Cl2N3O3S3. The molecule has 0 saturated carbocycles. The van der Waals surface area contributed by atoms with Crippen molar-refractivity contribution < 1.29 is 14.4 Å². The third-order valence-corrected chi connectivity index (χ3v) is 8.24. The molecule has 0 atom stereocenters. The topological polar surface area (TPSA) is 92.5 Å². The summed E-state index contributed by atoms with van der Waals surface area (Å²) in [6.45, 7) is -0.267. The van der Waals surface area contributed by atoms with Gasteiger partial charge >= 0.3 is 0 Å². The minimum Gasteiger partial charge on any atom is -0.365 e. The Labute approximate surface area is 208 Å². The van der Waals surface area contributed by atoms with E-state index in [1.165, 1.54) is 16.2 Å². The van der Waals surface area contributed by atoms with E-state index in [0.29, 0.717) is 31.1 Å². The van der Waals surface area contributed by atoms with Gasteiger partial charge in [-0.05, 0) is 55.0 Å². The summed E-state index contributed by atoms with van der Waals surface area (Å²) < 4.78 is 0.266. The predicted octanol–water partition coefficient (Wildman–Crippen LogP) is 4.87. The maximum atomic E-state index is 12.8.